The number of hydrogen-bond donors (Lipinski definition) is 0. The molecule has 2 amide bonds. The number of benzene rings is 2. The summed E-state index contributed by atoms with van der Waals surface area (Å²) >= 11 is 0. The van der Waals surface area contributed by atoms with Crippen molar-refractivity contribution in [3.05, 3.63) is 71.8 Å². The van der Waals surface area contributed by atoms with Gasteiger partial charge in [0.15, 0.2) is 5.76 Å². The zero-order chi connectivity index (χ0) is 21.4. The van der Waals surface area contributed by atoms with E-state index in [2.05, 4.69) is 21.8 Å². The smallest absolute Gasteiger partial charge is 0.312 e. The van der Waals surface area contributed by atoms with Crippen LogP contribution in [0.1, 0.15) is 17.5 Å². The lowest BCUT2D eigenvalue weighted by molar-refractivity contribution is -0.131. The van der Waals surface area contributed by atoms with Crippen molar-refractivity contribution < 1.29 is 14.3 Å². The van der Waals surface area contributed by atoms with Crippen molar-refractivity contribution >= 4 is 29.3 Å². The van der Waals surface area contributed by atoms with Crippen molar-refractivity contribution in [3.8, 4) is 0 Å². The zero-order valence-electron chi connectivity index (χ0n) is 17.4. The summed E-state index contributed by atoms with van der Waals surface area (Å²) in [4.78, 5) is 36.6. The van der Waals surface area contributed by atoms with Gasteiger partial charge in [-0.05, 0) is 7.05 Å². The number of aliphatic imine (C=N–C) groups is 1. The molecule has 3 heterocycles. The van der Waals surface area contributed by atoms with Gasteiger partial charge in [-0.25, -0.2) is 4.90 Å². The minimum atomic E-state index is -0.555. The van der Waals surface area contributed by atoms with Gasteiger partial charge in [0.1, 0.15) is 11.7 Å². The molecule has 0 saturated carbocycles. The number of fused-ring (bicyclic) bond motifs is 1. The Hall–Kier alpha value is -3.29. The van der Waals surface area contributed by atoms with Crippen molar-refractivity contribution in [1.82, 2.24) is 14.7 Å². The predicted octanol–water partition coefficient (Wildman–Crippen LogP) is 2.27. The molecule has 5 rings (SSSR count). The highest BCUT2D eigenvalue weighted by Crippen LogP contribution is 2.38. The number of hydrogen-bond acceptors (Lipinski definition) is 5. The van der Waals surface area contributed by atoms with Gasteiger partial charge >= 0.3 is 6.02 Å². The summed E-state index contributed by atoms with van der Waals surface area (Å²) in [7, 11) is 2.06. The molecule has 7 heteroatoms. The van der Waals surface area contributed by atoms with E-state index >= 15 is 0 Å². The van der Waals surface area contributed by atoms with Crippen LogP contribution in [0, 0.1) is 0 Å². The van der Waals surface area contributed by atoms with E-state index in [1.165, 1.54) is 4.90 Å². The molecule has 3 aliphatic rings. The second kappa shape index (κ2) is 8.09. The lowest BCUT2D eigenvalue weighted by Gasteiger charge is -2.35. The number of nitrogens with zero attached hydrogens (tertiary/aromatic N) is 4. The first-order chi connectivity index (χ1) is 15.1. The molecule has 0 aromatic heterocycles. The van der Waals surface area contributed by atoms with Crippen LogP contribution < -0.4 is 0 Å². The number of carbonyl (C=O) groups is 2. The lowest BCUT2D eigenvalue weighted by atomic mass is 10.0. The van der Waals surface area contributed by atoms with E-state index in [-0.39, 0.29) is 24.3 Å². The minimum Gasteiger partial charge on any atom is -0.422 e. The van der Waals surface area contributed by atoms with Crippen LogP contribution in [-0.4, -0.2) is 71.8 Å². The van der Waals surface area contributed by atoms with E-state index in [1.54, 1.807) is 0 Å². The summed E-state index contributed by atoms with van der Waals surface area (Å²) in [5.74, 6) is 0.0279. The van der Waals surface area contributed by atoms with Crippen LogP contribution in [0.4, 0.5) is 0 Å². The van der Waals surface area contributed by atoms with E-state index < -0.39 is 6.04 Å². The number of likely N-dealkylation sites (N-methyl/N-ethyl adjacent to an activating group) is 1. The summed E-state index contributed by atoms with van der Waals surface area (Å²) in [6.07, 6.45) is 0.0807. The topological polar surface area (TPSA) is 65.5 Å². The molecule has 1 saturated heterocycles. The Balaban J connectivity index is 1.54. The fourth-order valence-electron chi connectivity index (χ4n) is 4.26. The number of piperazine rings is 1. The first kappa shape index (κ1) is 19.7. The minimum absolute atomic E-state index is 0.0457. The summed E-state index contributed by atoms with van der Waals surface area (Å²) in [5, 5.41) is 0. The average molecular weight is 416 g/mol. The van der Waals surface area contributed by atoms with Gasteiger partial charge in [0.05, 0.1) is 6.42 Å². The maximum atomic E-state index is 13.5. The number of amidine groups is 1. The average Bonchev–Trinajstić information content (AvgIpc) is 3.13. The SMILES string of the molecule is CN1CCN(C2CC(=O)N3C(=NC2=O)OC(c2ccccc2)=C3c2ccccc2)CC1. The van der Waals surface area contributed by atoms with E-state index in [9.17, 15) is 9.59 Å². The van der Waals surface area contributed by atoms with Gasteiger partial charge in [-0.15, -0.1) is 0 Å². The molecule has 0 spiro atoms. The third-order valence-corrected chi connectivity index (χ3v) is 5.99. The van der Waals surface area contributed by atoms with Crippen LogP contribution in [0.3, 0.4) is 0 Å². The van der Waals surface area contributed by atoms with Gasteiger partial charge in [0, 0.05) is 37.3 Å². The van der Waals surface area contributed by atoms with Crippen molar-refractivity contribution in [2.45, 2.75) is 12.5 Å². The largest absolute Gasteiger partial charge is 0.422 e. The quantitative estimate of drug-likeness (QED) is 0.768. The van der Waals surface area contributed by atoms with Gasteiger partial charge in [-0.3, -0.25) is 14.5 Å². The monoisotopic (exact) mass is 416 g/mol. The van der Waals surface area contributed by atoms with Crippen LogP contribution in [0.2, 0.25) is 0 Å². The molecular weight excluding hydrogens is 392 g/mol. The van der Waals surface area contributed by atoms with Crippen LogP contribution in [0.15, 0.2) is 65.7 Å². The zero-order valence-corrected chi connectivity index (χ0v) is 17.4. The summed E-state index contributed by atoms with van der Waals surface area (Å²) in [6, 6.07) is 18.7. The highest BCUT2D eigenvalue weighted by molar-refractivity contribution is 6.17. The van der Waals surface area contributed by atoms with Gasteiger partial charge < -0.3 is 9.64 Å². The van der Waals surface area contributed by atoms with E-state index in [1.807, 2.05) is 60.7 Å². The van der Waals surface area contributed by atoms with E-state index in [0.29, 0.717) is 11.5 Å². The second-order valence-electron chi connectivity index (χ2n) is 8.03. The molecule has 3 aliphatic heterocycles. The summed E-state index contributed by atoms with van der Waals surface area (Å²) in [6.45, 7) is 3.20. The third kappa shape index (κ3) is 3.66. The molecule has 0 N–H and O–H groups in total. The molecular formula is C24H24N4O3. The van der Waals surface area contributed by atoms with Crippen molar-refractivity contribution in [1.29, 1.82) is 0 Å². The molecule has 0 aliphatic carbocycles. The maximum absolute atomic E-state index is 13.5. The predicted molar refractivity (Wildman–Crippen MR) is 118 cm³/mol. The fraction of sp³-hybridized carbons (Fsp3) is 0.292. The molecule has 2 aromatic rings. The van der Waals surface area contributed by atoms with Gasteiger partial charge in [0.25, 0.3) is 5.91 Å². The van der Waals surface area contributed by atoms with E-state index in [0.717, 1.165) is 37.3 Å². The molecule has 1 fully saturated rings. The molecule has 2 aromatic carbocycles. The Bertz CT molecular complexity index is 1060. The van der Waals surface area contributed by atoms with Crippen LogP contribution in [-0.2, 0) is 14.3 Å². The Kier molecular flexibility index (Phi) is 5.13. The Morgan fingerprint density at radius 1 is 0.871 bits per heavy atom. The molecule has 1 unspecified atom stereocenters. The lowest BCUT2D eigenvalue weighted by Crippen LogP contribution is -2.52. The molecule has 0 bridgehead atoms. The normalized spacial score (nSPS) is 22.8. The number of amides is 2. The number of rotatable bonds is 3. The Morgan fingerprint density at radius 3 is 2.13 bits per heavy atom. The van der Waals surface area contributed by atoms with Crippen LogP contribution in [0.25, 0.3) is 11.5 Å². The molecule has 0 radical (unpaired) electrons. The van der Waals surface area contributed by atoms with Crippen molar-refractivity contribution in [2.24, 2.45) is 4.99 Å². The first-order valence-corrected chi connectivity index (χ1v) is 10.5. The van der Waals surface area contributed by atoms with Crippen molar-refractivity contribution in [3.63, 3.8) is 0 Å². The molecule has 31 heavy (non-hydrogen) atoms. The highest BCUT2D eigenvalue weighted by Gasteiger charge is 2.43. The molecule has 7 nitrogen and oxygen atoms in total. The van der Waals surface area contributed by atoms with Crippen LogP contribution in [0.5, 0.6) is 0 Å². The number of ether oxygens (including phenoxy) is 1. The maximum Gasteiger partial charge on any atom is 0.312 e. The standard InChI is InChI=1S/C24H24N4O3/c1-26-12-14-27(15-13-26)19-16-20(29)28-21(17-8-4-2-5-9-17)22(18-10-6-3-7-11-18)31-24(28)25-23(19)30/h2-11,19H,12-16H2,1H3. The first-order valence-electron chi connectivity index (χ1n) is 10.5. The highest BCUT2D eigenvalue weighted by atomic mass is 16.5. The summed E-state index contributed by atoms with van der Waals surface area (Å²) in [5.41, 5.74) is 2.29. The second-order valence-corrected chi connectivity index (χ2v) is 8.03. The summed E-state index contributed by atoms with van der Waals surface area (Å²) < 4.78 is 6.08. The van der Waals surface area contributed by atoms with Gasteiger partial charge in [0.2, 0.25) is 5.91 Å². The molecule has 158 valence electrons. The fourth-order valence-corrected chi connectivity index (χ4v) is 4.26. The third-order valence-electron chi connectivity index (χ3n) is 5.99. The van der Waals surface area contributed by atoms with Crippen LogP contribution >= 0.6 is 0 Å². The number of carbonyl (C=O) groups excluding carboxylic acids is 2. The van der Waals surface area contributed by atoms with E-state index in [4.69, 9.17) is 4.74 Å². The Labute approximate surface area is 181 Å². The Morgan fingerprint density at radius 2 is 1.48 bits per heavy atom. The van der Waals surface area contributed by atoms with Gasteiger partial charge in [-0.1, -0.05) is 60.7 Å². The van der Waals surface area contributed by atoms with Crippen molar-refractivity contribution in [2.75, 3.05) is 33.2 Å². The van der Waals surface area contributed by atoms with Gasteiger partial charge in [-0.2, -0.15) is 4.99 Å². The molecule has 1 atom stereocenters.